The molecule has 0 amide bonds. The van der Waals surface area contributed by atoms with E-state index in [9.17, 15) is 8.42 Å². The predicted molar refractivity (Wildman–Crippen MR) is 79.2 cm³/mol. The van der Waals surface area contributed by atoms with Gasteiger partial charge in [-0.15, -0.1) is 0 Å². The maximum atomic E-state index is 12.4. The number of halogens is 1. The molecule has 0 saturated heterocycles. The van der Waals surface area contributed by atoms with Crippen LogP contribution in [0.25, 0.3) is 0 Å². The van der Waals surface area contributed by atoms with Crippen molar-refractivity contribution < 1.29 is 8.42 Å². The molecule has 2 rings (SSSR count). The summed E-state index contributed by atoms with van der Waals surface area (Å²) in [6.07, 6.45) is 3.28. The van der Waals surface area contributed by atoms with Crippen molar-refractivity contribution in [2.45, 2.75) is 24.8 Å². The SMILES string of the molecule is Cc1c(Cl)cccc1S(=O)(=O)N[C@H](C)c1cccnc1. The van der Waals surface area contributed by atoms with Crippen molar-refractivity contribution in [3.8, 4) is 0 Å². The van der Waals surface area contributed by atoms with Gasteiger partial charge in [0.1, 0.15) is 0 Å². The van der Waals surface area contributed by atoms with Gasteiger partial charge >= 0.3 is 0 Å². The molecule has 0 spiro atoms. The quantitative estimate of drug-likeness (QED) is 0.944. The lowest BCUT2D eigenvalue weighted by atomic mass is 10.2. The third-order valence-electron chi connectivity index (χ3n) is 3.02. The fourth-order valence-electron chi connectivity index (χ4n) is 1.88. The number of nitrogens with zero attached hydrogens (tertiary/aromatic N) is 1. The molecular formula is C14H15ClN2O2S. The summed E-state index contributed by atoms with van der Waals surface area (Å²) in [5, 5.41) is 0.432. The van der Waals surface area contributed by atoms with E-state index in [2.05, 4.69) is 9.71 Å². The van der Waals surface area contributed by atoms with E-state index in [-0.39, 0.29) is 10.9 Å². The molecule has 1 heterocycles. The first kappa shape index (κ1) is 15.0. The van der Waals surface area contributed by atoms with Crippen molar-refractivity contribution in [3.63, 3.8) is 0 Å². The standard InChI is InChI=1S/C14H15ClN2O2S/c1-10-13(15)6-3-7-14(10)20(18,19)17-11(2)12-5-4-8-16-9-12/h3-9,11,17H,1-2H3/t11-/m1/s1. The van der Waals surface area contributed by atoms with Gasteiger partial charge in [0.25, 0.3) is 0 Å². The van der Waals surface area contributed by atoms with Gasteiger partial charge in [0.2, 0.25) is 10.0 Å². The van der Waals surface area contributed by atoms with Gasteiger partial charge in [0, 0.05) is 23.5 Å². The Hall–Kier alpha value is -1.43. The summed E-state index contributed by atoms with van der Waals surface area (Å²) in [6.45, 7) is 3.46. The van der Waals surface area contributed by atoms with E-state index in [0.717, 1.165) is 5.56 Å². The van der Waals surface area contributed by atoms with Gasteiger partial charge in [-0.3, -0.25) is 4.98 Å². The van der Waals surface area contributed by atoms with Crippen molar-refractivity contribution in [2.75, 3.05) is 0 Å². The Morgan fingerprint density at radius 3 is 2.65 bits per heavy atom. The third kappa shape index (κ3) is 3.17. The van der Waals surface area contributed by atoms with Gasteiger partial charge in [0.15, 0.2) is 0 Å². The van der Waals surface area contributed by atoms with Crippen LogP contribution in [0.5, 0.6) is 0 Å². The fourth-order valence-corrected chi connectivity index (χ4v) is 3.61. The number of pyridine rings is 1. The molecule has 0 aliphatic carbocycles. The van der Waals surface area contributed by atoms with Gasteiger partial charge in [-0.05, 0) is 43.2 Å². The van der Waals surface area contributed by atoms with Gasteiger partial charge in [-0.1, -0.05) is 23.7 Å². The molecule has 106 valence electrons. The summed E-state index contributed by atoms with van der Waals surface area (Å²) in [5.41, 5.74) is 1.34. The van der Waals surface area contributed by atoms with Crippen molar-refractivity contribution in [2.24, 2.45) is 0 Å². The smallest absolute Gasteiger partial charge is 0.241 e. The molecule has 0 saturated carbocycles. The van der Waals surface area contributed by atoms with Gasteiger partial charge < -0.3 is 0 Å². The van der Waals surface area contributed by atoms with Crippen molar-refractivity contribution >= 4 is 21.6 Å². The molecule has 4 nitrogen and oxygen atoms in total. The second-order valence-corrected chi connectivity index (χ2v) is 6.58. The summed E-state index contributed by atoms with van der Waals surface area (Å²) in [5.74, 6) is 0. The van der Waals surface area contributed by atoms with Crippen LogP contribution in [0.1, 0.15) is 24.1 Å². The van der Waals surface area contributed by atoms with Crippen LogP contribution in [0.4, 0.5) is 0 Å². The third-order valence-corrected chi connectivity index (χ3v) is 5.12. The minimum atomic E-state index is -3.62. The first-order valence-corrected chi connectivity index (χ1v) is 7.95. The minimum absolute atomic E-state index is 0.195. The molecule has 6 heteroatoms. The largest absolute Gasteiger partial charge is 0.264 e. The second-order valence-electron chi connectivity index (χ2n) is 4.49. The Balaban J connectivity index is 2.30. The van der Waals surface area contributed by atoms with E-state index in [1.165, 1.54) is 0 Å². The fraction of sp³-hybridized carbons (Fsp3) is 0.214. The molecule has 2 aromatic rings. The molecule has 0 bridgehead atoms. The number of hydrogen-bond donors (Lipinski definition) is 1. The Morgan fingerprint density at radius 2 is 2.00 bits per heavy atom. The van der Waals surface area contributed by atoms with Crippen LogP contribution in [0, 0.1) is 6.92 Å². The van der Waals surface area contributed by atoms with E-state index in [4.69, 9.17) is 11.6 Å². The highest BCUT2D eigenvalue weighted by Gasteiger charge is 2.21. The number of nitrogens with one attached hydrogen (secondary N) is 1. The molecule has 0 unspecified atom stereocenters. The molecule has 0 aliphatic heterocycles. The summed E-state index contributed by atoms with van der Waals surface area (Å²) in [7, 11) is -3.62. The maximum Gasteiger partial charge on any atom is 0.241 e. The number of benzene rings is 1. The molecule has 20 heavy (non-hydrogen) atoms. The van der Waals surface area contributed by atoms with Crippen molar-refractivity contribution in [3.05, 3.63) is 58.9 Å². The zero-order chi connectivity index (χ0) is 14.8. The number of hydrogen-bond acceptors (Lipinski definition) is 3. The Bertz CT molecular complexity index is 702. The summed E-state index contributed by atoms with van der Waals surface area (Å²) >= 11 is 5.97. The molecule has 1 aromatic carbocycles. The number of aromatic nitrogens is 1. The van der Waals surface area contributed by atoms with E-state index in [1.807, 2.05) is 6.07 Å². The average Bonchev–Trinajstić information content (AvgIpc) is 2.42. The summed E-state index contributed by atoms with van der Waals surface area (Å²) < 4.78 is 27.4. The highest BCUT2D eigenvalue weighted by atomic mass is 35.5. The number of sulfonamides is 1. The van der Waals surface area contributed by atoms with E-state index >= 15 is 0 Å². The lowest BCUT2D eigenvalue weighted by Gasteiger charge is -2.15. The summed E-state index contributed by atoms with van der Waals surface area (Å²) in [6, 6.07) is 8.06. The monoisotopic (exact) mass is 310 g/mol. The van der Waals surface area contributed by atoms with E-state index in [0.29, 0.717) is 10.6 Å². The molecule has 0 fully saturated rings. The van der Waals surface area contributed by atoms with Crippen molar-refractivity contribution in [1.82, 2.24) is 9.71 Å². The van der Waals surface area contributed by atoms with Crippen molar-refractivity contribution in [1.29, 1.82) is 0 Å². The second kappa shape index (κ2) is 5.91. The van der Waals surface area contributed by atoms with Crippen LogP contribution < -0.4 is 4.72 Å². The van der Waals surface area contributed by atoms with E-state index < -0.39 is 10.0 Å². The molecule has 0 radical (unpaired) electrons. The molecule has 1 atom stereocenters. The molecule has 1 aromatic heterocycles. The van der Waals surface area contributed by atoms with Crippen LogP contribution in [0.3, 0.4) is 0 Å². The van der Waals surface area contributed by atoms with Gasteiger partial charge in [-0.25, -0.2) is 13.1 Å². The van der Waals surface area contributed by atoms with Crippen LogP contribution >= 0.6 is 11.6 Å². The molecule has 0 aliphatic rings. The lowest BCUT2D eigenvalue weighted by molar-refractivity contribution is 0.566. The predicted octanol–water partition coefficient (Wildman–Crippen LogP) is 3.08. The maximum absolute atomic E-state index is 12.4. The summed E-state index contributed by atoms with van der Waals surface area (Å²) in [4.78, 5) is 4.18. The Morgan fingerprint density at radius 1 is 1.25 bits per heavy atom. The highest BCUT2D eigenvalue weighted by Crippen LogP contribution is 2.24. The zero-order valence-electron chi connectivity index (χ0n) is 11.2. The van der Waals surface area contributed by atoms with Gasteiger partial charge in [-0.2, -0.15) is 0 Å². The van der Waals surface area contributed by atoms with Crippen LogP contribution in [0.2, 0.25) is 5.02 Å². The topological polar surface area (TPSA) is 59.1 Å². The first-order valence-electron chi connectivity index (χ1n) is 6.09. The lowest BCUT2D eigenvalue weighted by Crippen LogP contribution is -2.27. The van der Waals surface area contributed by atoms with Crippen LogP contribution in [0.15, 0.2) is 47.6 Å². The van der Waals surface area contributed by atoms with Crippen LogP contribution in [-0.4, -0.2) is 13.4 Å². The highest BCUT2D eigenvalue weighted by molar-refractivity contribution is 7.89. The Kier molecular flexibility index (Phi) is 4.42. The molecular weight excluding hydrogens is 296 g/mol. The first-order chi connectivity index (χ1) is 9.42. The average molecular weight is 311 g/mol. The Labute approximate surface area is 123 Å². The van der Waals surface area contributed by atoms with E-state index in [1.54, 1.807) is 50.5 Å². The number of rotatable bonds is 4. The van der Waals surface area contributed by atoms with Crippen LogP contribution in [-0.2, 0) is 10.0 Å². The van der Waals surface area contributed by atoms with Gasteiger partial charge in [0.05, 0.1) is 4.90 Å². The zero-order valence-corrected chi connectivity index (χ0v) is 12.7. The molecule has 1 N–H and O–H groups in total. The normalized spacial score (nSPS) is 13.2. The minimum Gasteiger partial charge on any atom is -0.264 e.